The van der Waals surface area contributed by atoms with E-state index in [2.05, 4.69) is 42.2 Å². The van der Waals surface area contributed by atoms with Crippen molar-refractivity contribution in [3.8, 4) is 11.4 Å². The van der Waals surface area contributed by atoms with E-state index >= 15 is 0 Å². The number of hydrazine groups is 1. The summed E-state index contributed by atoms with van der Waals surface area (Å²) in [6.07, 6.45) is 0.856. The van der Waals surface area contributed by atoms with Crippen molar-refractivity contribution in [2.45, 2.75) is 27.2 Å². The van der Waals surface area contributed by atoms with Gasteiger partial charge in [0, 0.05) is 17.3 Å². The number of aromatic nitrogens is 2. The van der Waals surface area contributed by atoms with E-state index in [9.17, 15) is 0 Å². The lowest BCUT2D eigenvalue weighted by molar-refractivity contribution is 0.999. The van der Waals surface area contributed by atoms with Crippen molar-refractivity contribution in [2.24, 2.45) is 5.84 Å². The van der Waals surface area contributed by atoms with Crippen LogP contribution in [0.15, 0.2) is 24.3 Å². The molecule has 0 saturated heterocycles. The maximum Gasteiger partial charge on any atom is 0.162 e. The Morgan fingerprint density at radius 1 is 1.22 bits per heavy atom. The van der Waals surface area contributed by atoms with Crippen LogP contribution in [0.1, 0.15) is 23.7 Å². The number of hydrogen-bond donors (Lipinski definition) is 2. The Kier molecular flexibility index (Phi) is 3.58. The van der Waals surface area contributed by atoms with Crippen LogP contribution in [-0.2, 0) is 6.42 Å². The van der Waals surface area contributed by atoms with Crippen molar-refractivity contribution in [3.05, 3.63) is 41.1 Å². The molecule has 0 bridgehead atoms. The highest BCUT2D eigenvalue weighted by atomic mass is 15.3. The topological polar surface area (TPSA) is 63.8 Å². The van der Waals surface area contributed by atoms with Crippen LogP contribution in [0.2, 0.25) is 0 Å². The SMILES string of the molecule is CCc1cc(NN)nc(-c2cccc(C)c2C)n1. The molecule has 1 aromatic heterocycles. The van der Waals surface area contributed by atoms with E-state index < -0.39 is 0 Å². The van der Waals surface area contributed by atoms with Gasteiger partial charge in [0.1, 0.15) is 5.82 Å². The minimum Gasteiger partial charge on any atom is -0.308 e. The van der Waals surface area contributed by atoms with Crippen molar-refractivity contribution in [1.29, 1.82) is 0 Å². The number of rotatable bonds is 3. The second kappa shape index (κ2) is 5.14. The molecule has 0 aliphatic carbocycles. The number of nitrogens with one attached hydrogen (secondary N) is 1. The van der Waals surface area contributed by atoms with Crippen LogP contribution in [0.5, 0.6) is 0 Å². The summed E-state index contributed by atoms with van der Waals surface area (Å²) in [6.45, 7) is 6.24. The fourth-order valence-electron chi connectivity index (χ4n) is 1.87. The van der Waals surface area contributed by atoms with E-state index in [0.717, 1.165) is 23.5 Å². The fraction of sp³-hybridized carbons (Fsp3) is 0.286. The van der Waals surface area contributed by atoms with Crippen molar-refractivity contribution >= 4 is 5.82 Å². The molecule has 2 aromatic rings. The molecule has 0 spiro atoms. The minimum atomic E-state index is 0.651. The minimum absolute atomic E-state index is 0.651. The number of nitrogen functional groups attached to an aromatic ring is 1. The molecular formula is C14H18N4. The third-order valence-electron chi connectivity index (χ3n) is 3.13. The van der Waals surface area contributed by atoms with E-state index in [1.165, 1.54) is 11.1 Å². The molecule has 1 aromatic carbocycles. The average molecular weight is 242 g/mol. The first-order valence-electron chi connectivity index (χ1n) is 6.07. The molecule has 0 fully saturated rings. The summed E-state index contributed by atoms with van der Waals surface area (Å²) in [6, 6.07) is 8.02. The zero-order valence-corrected chi connectivity index (χ0v) is 11.0. The fourth-order valence-corrected chi connectivity index (χ4v) is 1.87. The Balaban J connectivity index is 2.59. The van der Waals surface area contributed by atoms with Crippen molar-refractivity contribution in [3.63, 3.8) is 0 Å². The summed E-state index contributed by atoms with van der Waals surface area (Å²) >= 11 is 0. The Bertz CT molecular complexity index is 541. The van der Waals surface area contributed by atoms with Gasteiger partial charge in [-0.25, -0.2) is 15.8 Å². The Labute approximate surface area is 107 Å². The normalized spacial score (nSPS) is 10.4. The molecule has 0 saturated carbocycles. The van der Waals surface area contributed by atoms with E-state index in [-0.39, 0.29) is 0 Å². The molecule has 18 heavy (non-hydrogen) atoms. The van der Waals surface area contributed by atoms with Gasteiger partial charge in [-0.15, -0.1) is 0 Å². The Morgan fingerprint density at radius 3 is 2.67 bits per heavy atom. The number of nitrogens with two attached hydrogens (primary N) is 1. The largest absolute Gasteiger partial charge is 0.308 e. The van der Waals surface area contributed by atoms with Crippen LogP contribution >= 0.6 is 0 Å². The zero-order chi connectivity index (χ0) is 13.1. The first-order chi connectivity index (χ1) is 8.65. The van der Waals surface area contributed by atoms with E-state index in [1.807, 2.05) is 18.2 Å². The standard InChI is InChI=1S/C14H18N4/c1-4-11-8-13(18-15)17-14(16-11)12-7-5-6-9(2)10(12)3/h5-8H,4,15H2,1-3H3,(H,16,17,18). The molecule has 0 unspecified atom stereocenters. The van der Waals surface area contributed by atoms with Crippen LogP contribution in [0.4, 0.5) is 5.82 Å². The molecular weight excluding hydrogens is 224 g/mol. The van der Waals surface area contributed by atoms with Gasteiger partial charge < -0.3 is 5.43 Å². The maximum absolute atomic E-state index is 5.45. The van der Waals surface area contributed by atoms with Gasteiger partial charge in [-0.3, -0.25) is 0 Å². The van der Waals surface area contributed by atoms with Gasteiger partial charge in [-0.1, -0.05) is 25.1 Å². The predicted octanol–water partition coefficient (Wildman–Crippen LogP) is 2.61. The smallest absolute Gasteiger partial charge is 0.162 e. The number of hydrogen-bond acceptors (Lipinski definition) is 4. The molecule has 0 radical (unpaired) electrons. The molecule has 4 nitrogen and oxygen atoms in total. The van der Waals surface area contributed by atoms with Crippen LogP contribution < -0.4 is 11.3 Å². The van der Waals surface area contributed by atoms with Gasteiger partial charge in [0.2, 0.25) is 0 Å². The van der Waals surface area contributed by atoms with Gasteiger partial charge in [-0.05, 0) is 31.4 Å². The van der Waals surface area contributed by atoms with Crippen LogP contribution in [0, 0.1) is 13.8 Å². The van der Waals surface area contributed by atoms with Gasteiger partial charge in [0.15, 0.2) is 5.82 Å². The molecule has 0 aliphatic heterocycles. The first kappa shape index (κ1) is 12.5. The molecule has 0 atom stereocenters. The van der Waals surface area contributed by atoms with Crippen molar-refractivity contribution in [1.82, 2.24) is 9.97 Å². The van der Waals surface area contributed by atoms with E-state index in [1.54, 1.807) is 0 Å². The van der Waals surface area contributed by atoms with Crippen molar-refractivity contribution < 1.29 is 0 Å². The highest BCUT2D eigenvalue weighted by molar-refractivity contribution is 5.63. The zero-order valence-electron chi connectivity index (χ0n) is 11.0. The monoisotopic (exact) mass is 242 g/mol. The first-order valence-corrected chi connectivity index (χ1v) is 6.07. The molecule has 0 aliphatic rings. The van der Waals surface area contributed by atoms with Gasteiger partial charge in [-0.2, -0.15) is 0 Å². The molecule has 2 rings (SSSR count). The summed E-state index contributed by atoms with van der Waals surface area (Å²) in [5, 5.41) is 0. The number of aryl methyl sites for hydroxylation is 2. The highest BCUT2D eigenvalue weighted by Gasteiger charge is 2.09. The Morgan fingerprint density at radius 2 is 2.00 bits per heavy atom. The van der Waals surface area contributed by atoms with Crippen LogP contribution in [-0.4, -0.2) is 9.97 Å². The Hall–Kier alpha value is -1.94. The van der Waals surface area contributed by atoms with E-state index in [4.69, 9.17) is 5.84 Å². The maximum atomic E-state index is 5.45. The molecule has 1 heterocycles. The van der Waals surface area contributed by atoms with Crippen LogP contribution in [0.3, 0.4) is 0 Å². The number of anilines is 1. The third kappa shape index (κ3) is 2.33. The average Bonchev–Trinajstić information content (AvgIpc) is 2.41. The summed E-state index contributed by atoms with van der Waals surface area (Å²) < 4.78 is 0. The summed E-state index contributed by atoms with van der Waals surface area (Å²) in [5.74, 6) is 6.82. The number of nitrogens with zero attached hydrogens (tertiary/aromatic N) is 2. The van der Waals surface area contributed by atoms with Crippen LogP contribution in [0.25, 0.3) is 11.4 Å². The third-order valence-corrected chi connectivity index (χ3v) is 3.13. The quantitative estimate of drug-likeness (QED) is 0.641. The van der Waals surface area contributed by atoms with Gasteiger partial charge in [0.05, 0.1) is 0 Å². The lowest BCUT2D eigenvalue weighted by Gasteiger charge is -2.10. The summed E-state index contributed by atoms with van der Waals surface area (Å²) in [5.41, 5.74) is 7.07. The van der Waals surface area contributed by atoms with Crippen molar-refractivity contribution in [2.75, 3.05) is 5.43 Å². The summed E-state index contributed by atoms with van der Waals surface area (Å²) in [7, 11) is 0. The number of benzene rings is 1. The highest BCUT2D eigenvalue weighted by Crippen LogP contribution is 2.23. The molecule has 94 valence electrons. The molecule has 0 amide bonds. The molecule has 4 heteroatoms. The van der Waals surface area contributed by atoms with Gasteiger partial charge in [0.25, 0.3) is 0 Å². The predicted molar refractivity (Wildman–Crippen MR) is 74.1 cm³/mol. The second-order valence-electron chi connectivity index (χ2n) is 4.31. The van der Waals surface area contributed by atoms with Gasteiger partial charge >= 0.3 is 0 Å². The molecule has 3 N–H and O–H groups in total. The lowest BCUT2D eigenvalue weighted by atomic mass is 10.0. The lowest BCUT2D eigenvalue weighted by Crippen LogP contribution is -2.10. The summed E-state index contributed by atoms with van der Waals surface area (Å²) in [4.78, 5) is 8.99. The second-order valence-corrected chi connectivity index (χ2v) is 4.31. The van der Waals surface area contributed by atoms with E-state index in [0.29, 0.717) is 5.82 Å².